The minimum atomic E-state index is -0.879. The number of carbonyl (C=O) groups excluding carboxylic acids is 1. The first-order valence-corrected chi connectivity index (χ1v) is 7.39. The van der Waals surface area contributed by atoms with Gasteiger partial charge in [0.15, 0.2) is 0 Å². The highest BCUT2D eigenvalue weighted by Gasteiger charge is 2.26. The standard InChI is InChI=1S/C17H27NO3/c1-12(2)17(4,20)11-18-16(19)13(3)10-14-6-8-15(21-5)9-7-14/h6-9,12-13,20H,10-11H2,1-5H3,(H,18,19). The van der Waals surface area contributed by atoms with Crippen molar-refractivity contribution in [2.45, 2.75) is 39.7 Å². The van der Waals surface area contributed by atoms with E-state index in [4.69, 9.17) is 4.74 Å². The molecule has 0 spiro atoms. The Morgan fingerprint density at radius 1 is 1.29 bits per heavy atom. The van der Waals surface area contributed by atoms with E-state index in [1.807, 2.05) is 45.0 Å². The molecule has 1 amide bonds. The Labute approximate surface area is 127 Å². The van der Waals surface area contributed by atoms with Gasteiger partial charge in [-0.15, -0.1) is 0 Å². The van der Waals surface area contributed by atoms with Crippen LogP contribution in [-0.2, 0) is 11.2 Å². The van der Waals surface area contributed by atoms with Gasteiger partial charge in [-0.1, -0.05) is 32.9 Å². The van der Waals surface area contributed by atoms with Gasteiger partial charge in [-0.3, -0.25) is 4.79 Å². The fourth-order valence-electron chi connectivity index (χ4n) is 1.85. The van der Waals surface area contributed by atoms with Gasteiger partial charge in [0.05, 0.1) is 12.7 Å². The molecule has 0 fully saturated rings. The minimum Gasteiger partial charge on any atom is -0.497 e. The lowest BCUT2D eigenvalue weighted by Crippen LogP contribution is -2.45. The molecule has 2 unspecified atom stereocenters. The predicted octanol–water partition coefficient (Wildman–Crippen LogP) is 2.40. The first-order valence-electron chi connectivity index (χ1n) is 7.39. The van der Waals surface area contributed by atoms with Crippen molar-refractivity contribution in [2.75, 3.05) is 13.7 Å². The predicted molar refractivity (Wildman–Crippen MR) is 84.3 cm³/mol. The summed E-state index contributed by atoms with van der Waals surface area (Å²) >= 11 is 0. The molecule has 2 N–H and O–H groups in total. The van der Waals surface area contributed by atoms with Crippen molar-refractivity contribution in [3.05, 3.63) is 29.8 Å². The van der Waals surface area contributed by atoms with Crippen molar-refractivity contribution in [3.8, 4) is 5.75 Å². The van der Waals surface area contributed by atoms with Crippen LogP contribution in [0.1, 0.15) is 33.3 Å². The summed E-state index contributed by atoms with van der Waals surface area (Å²) in [7, 11) is 1.63. The van der Waals surface area contributed by atoms with Crippen LogP contribution in [0.2, 0.25) is 0 Å². The van der Waals surface area contributed by atoms with Crippen LogP contribution < -0.4 is 10.1 Å². The van der Waals surface area contributed by atoms with Crippen LogP contribution in [0.15, 0.2) is 24.3 Å². The van der Waals surface area contributed by atoms with Gasteiger partial charge in [-0.05, 0) is 37.0 Å². The molecule has 0 aliphatic heterocycles. The van der Waals surface area contributed by atoms with Crippen molar-refractivity contribution >= 4 is 5.91 Å². The third-order valence-corrected chi connectivity index (χ3v) is 4.01. The Balaban J connectivity index is 2.50. The zero-order valence-electron chi connectivity index (χ0n) is 13.6. The van der Waals surface area contributed by atoms with E-state index in [0.29, 0.717) is 6.42 Å². The smallest absolute Gasteiger partial charge is 0.223 e. The minimum absolute atomic E-state index is 0.0354. The summed E-state index contributed by atoms with van der Waals surface area (Å²) in [4.78, 5) is 12.1. The lowest BCUT2D eigenvalue weighted by atomic mass is 9.92. The second kappa shape index (κ2) is 7.46. The highest BCUT2D eigenvalue weighted by Crippen LogP contribution is 2.16. The Morgan fingerprint density at radius 2 is 1.86 bits per heavy atom. The van der Waals surface area contributed by atoms with Crippen LogP contribution in [0.4, 0.5) is 0 Å². The summed E-state index contributed by atoms with van der Waals surface area (Å²) in [5, 5.41) is 13.0. The lowest BCUT2D eigenvalue weighted by molar-refractivity contribution is -0.126. The van der Waals surface area contributed by atoms with Crippen molar-refractivity contribution in [2.24, 2.45) is 11.8 Å². The molecule has 21 heavy (non-hydrogen) atoms. The van der Waals surface area contributed by atoms with E-state index < -0.39 is 5.60 Å². The molecule has 0 heterocycles. The number of rotatable bonds is 7. The van der Waals surface area contributed by atoms with Crippen molar-refractivity contribution in [3.63, 3.8) is 0 Å². The van der Waals surface area contributed by atoms with E-state index in [9.17, 15) is 9.90 Å². The fourth-order valence-corrected chi connectivity index (χ4v) is 1.85. The van der Waals surface area contributed by atoms with Gasteiger partial charge in [0.1, 0.15) is 5.75 Å². The van der Waals surface area contributed by atoms with Crippen LogP contribution in [-0.4, -0.2) is 30.3 Å². The maximum Gasteiger partial charge on any atom is 0.223 e. The van der Waals surface area contributed by atoms with Gasteiger partial charge in [0.2, 0.25) is 5.91 Å². The van der Waals surface area contributed by atoms with E-state index in [0.717, 1.165) is 11.3 Å². The third kappa shape index (κ3) is 5.38. The van der Waals surface area contributed by atoms with Gasteiger partial charge in [-0.25, -0.2) is 0 Å². The summed E-state index contributed by atoms with van der Waals surface area (Å²) < 4.78 is 5.11. The lowest BCUT2D eigenvalue weighted by Gasteiger charge is -2.28. The molecular formula is C17H27NO3. The average molecular weight is 293 g/mol. The molecule has 1 aromatic carbocycles. The van der Waals surface area contributed by atoms with E-state index in [1.54, 1.807) is 14.0 Å². The Morgan fingerprint density at radius 3 is 2.33 bits per heavy atom. The number of amides is 1. The Kier molecular flexibility index (Phi) is 6.21. The first-order chi connectivity index (χ1) is 9.76. The molecule has 0 saturated carbocycles. The van der Waals surface area contributed by atoms with Crippen molar-refractivity contribution < 1.29 is 14.6 Å². The Bertz CT molecular complexity index is 452. The molecular weight excluding hydrogens is 266 g/mol. The molecule has 118 valence electrons. The molecule has 1 aromatic rings. The second-order valence-corrected chi connectivity index (χ2v) is 6.18. The number of ether oxygens (including phenoxy) is 1. The van der Waals surface area contributed by atoms with Gasteiger partial charge in [-0.2, -0.15) is 0 Å². The molecule has 0 aliphatic carbocycles. The van der Waals surface area contributed by atoms with E-state index in [1.165, 1.54) is 0 Å². The molecule has 0 radical (unpaired) electrons. The van der Waals surface area contributed by atoms with Crippen LogP contribution in [0.25, 0.3) is 0 Å². The molecule has 1 rings (SSSR count). The summed E-state index contributed by atoms with van der Waals surface area (Å²) in [6, 6.07) is 7.72. The van der Waals surface area contributed by atoms with Crippen LogP contribution in [0.3, 0.4) is 0 Å². The molecule has 0 bridgehead atoms. The number of nitrogens with one attached hydrogen (secondary N) is 1. The van der Waals surface area contributed by atoms with Gasteiger partial charge >= 0.3 is 0 Å². The maximum absolute atomic E-state index is 12.1. The number of hydrogen-bond donors (Lipinski definition) is 2. The second-order valence-electron chi connectivity index (χ2n) is 6.18. The van der Waals surface area contributed by atoms with Crippen LogP contribution >= 0.6 is 0 Å². The van der Waals surface area contributed by atoms with Crippen molar-refractivity contribution in [1.29, 1.82) is 0 Å². The number of hydrogen-bond acceptors (Lipinski definition) is 3. The average Bonchev–Trinajstić information content (AvgIpc) is 2.45. The maximum atomic E-state index is 12.1. The first kappa shape index (κ1) is 17.5. The summed E-state index contributed by atoms with van der Waals surface area (Å²) in [6.07, 6.45) is 0.666. The normalized spacial score (nSPS) is 15.4. The zero-order valence-corrected chi connectivity index (χ0v) is 13.6. The number of carbonyl (C=O) groups is 1. The van der Waals surface area contributed by atoms with E-state index >= 15 is 0 Å². The van der Waals surface area contributed by atoms with Gasteiger partial charge < -0.3 is 15.2 Å². The zero-order chi connectivity index (χ0) is 16.0. The monoisotopic (exact) mass is 293 g/mol. The number of aliphatic hydroxyl groups is 1. The largest absolute Gasteiger partial charge is 0.497 e. The molecule has 4 nitrogen and oxygen atoms in total. The summed E-state index contributed by atoms with van der Waals surface area (Å²) in [6.45, 7) is 7.78. The van der Waals surface area contributed by atoms with E-state index in [-0.39, 0.29) is 24.3 Å². The Hall–Kier alpha value is -1.55. The molecule has 2 atom stereocenters. The third-order valence-electron chi connectivity index (χ3n) is 4.01. The number of methoxy groups -OCH3 is 1. The van der Waals surface area contributed by atoms with Crippen LogP contribution in [0, 0.1) is 11.8 Å². The fraction of sp³-hybridized carbons (Fsp3) is 0.588. The van der Waals surface area contributed by atoms with Gasteiger partial charge in [0, 0.05) is 12.5 Å². The highest BCUT2D eigenvalue weighted by atomic mass is 16.5. The molecule has 4 heteroatoms. The SMILES string of the molecule is COc1ccc(CC(C)C(=O)NCC(C)(O)C(C)C)cc1. The molecule has 0 aromatic heterocycles. The number of benzene rings is 1. The molecule has 0 saturated heterocycles. The topological polar surface area (TPSA) is 58.6 Å². The quantitative estimate of drug-likeness (QED) is 0.811. The van der Waals surface area contributed by atoms with E-state index in [2.05, 4.69) is 5.32 Å². The van der Waals surface area contributed by atoms with Crippen molar-refractivity contribution in [1.82, 2.24) is 5.32 Å². The van der Waals surface area contributed by atoms with Gasteiger partial charge in [0.25, 0.3) is 0 Å². The van der Waals surface area contributed by atoms with Crippen LogP contribution in [0.5, 0.6) is 5.75 Å². The molecule has 0 aliphatic rings. The highest BCUT2D eigenvalue weighted by molar-refractivity contribution is 5.78. The summed E-state index contributed by atoms with van der Waals surface area (Å²) in [5.74, 6) is 0.728. The summed E-state index contributed by atoms with van der Waals surface area (Å²) in [5.41, 5.74) is 0.212.